The van der Waals surface area contributed by atoms with Crippen molar-refractivity contribution in [3.8, 4) is 11.8 Å². The van der Waals surface area contributed by atoms with Crippen LogP contribution in [-0.2, 0) is 0 Å². The van der Waals surface area contributed by atoms with Gasteiger partial charge in [0.2, 0.25) is 0 Å². The summed E-state index contributed by atoms with van der Waals surface area (Å²) in [4.78, 5) is 4.12. The van der Waals surface area contributed by atoms with Gasteiger partial charge in [-0.3, -0.25) is 4.98 Å². The number of benzene rings is 1. The molecular weight excluding hydrogens is 217 g/mol. The number of halogens is 1. The summed E-state index contributed by atoms with van der Waals surface area (Å²) < 4.78 is 13.5. The topological polar surface area (TPSA) is 33.1 Å². The van der Waals surface area contributed by atoms with Gasteiger partial charge in [0.1, 0.15) is 11.4 Å². The Morgan fingerprint density at radius 1 is 1.29 bits per heavy atom. The lowest BCUT2D eigenvalue weighted by atomic mass is 10.1. The zero-order valence-electron chi connectivity index (χ0n) is 9.66. The highest BCUT2D eigenvalue weighted by atomic mass is 19.1. The SMILES string of the molecule is CC(C)(O)C#Cc1ccc(F)c2cccnc12. The van der Waals surface area contributed by atoms with Gasteiger partial charge in [-0.05, 0) is 38.1 Å². The third-order valence-corrected chi connectivity index (χ3v) is 2.22. The number of fused-ring (bicyclic) bond motifs is 1. The fourth-order valence-corrected chi connectivity index (χ4v) is 1.46. The average Bonchev–Trinajstić information content (AvgIpc) is 2.27. The Morgan fingerprint density at radius 2 is 2.06 bits per heavy atom. The summed E-state index contributed by atoms with van der Waals surface area (Å²) in [5.41, 5.74) is 0.0588. The molecule has 2 rings (SSSR count). The first-order valence-electron chi connectivity index (χ1n) is 5.26. The molecule has 3 heteroatoms. The van der Waals surface area contributed by atoms with E-state index in [1.807, 2.05) is 0 Å². The van der Waals surface area contributed by atoms with Crippen molar-refractivity contribution in [2.75, 3.05) is 0 Å². The van der Waals surface area contributed by atoms with Crippen molar-refractivity contribution in [2.24, 2.45) is 0 Å². The molecule has 0 fully saturated rings. The molecule has 0 radical (unpaired) electrons. The van der Waals surface area contributed by atoms with Crippen molar-refractivity contribution in [1.29, 1.82) is 0 Å². The number of hydrogen-bond donors (Lipinski definition) is 1. The van der Waals surface area contributed by atoms with E-state index in [1.165, 1.54) is 6.07 Å². The van der Waals surface area contributed by atoms with Crippen LogP contribution in [0.1, 0.15) is 19.4 Å². The number of pyridine rings is 1. The number of aliphatic hydroxyl groups is 1. The van der Waals surface area contributed by atoms with Gasteiger partial charge in [0.15, 0.2) is 0 Å². The van der Waals surface area contributed by atoms with E-state index in [1.54, 1.807) is 38.2 Å². The lowest BCUT2D eigenvalue weighted by Gasteiger charge is -2.06. The number of aromatic nitrogens is 1. The van der Waals surface area contributed by atoms with E-state index in [0.717, 1.165) is 0 Å². The van der Waals surface area contributed by atoms with E-state index in [9.17, 15) is 9.50 Å². The van der Waals surface area contributed by atoms with Crippen LogP contribution in [0.25, 0.3) is 10.9 Å². The molecule has 0 bridgehead atoms. The zero-order valence-corrected chi connectivity index (χ0v) is 9.66. The number of hydrogen-bond acceptors (Lipinski definition) is 2. The fraction of sp³-hybridized carbons (Fsp3) is 0.214. The van der Waals surface area contributed by atoms with Crippen LogP contribution in [0, 0.1) is 17.7 Å². The summed E-state index contributed by atoms with van der Waals surface area (Å²) in [5, 5.41) is 9.98. The smallest absolute Gasteiger partial charge is 0.132 e. The monoisotopic (exact) mass is 229 g/mol. The van der Waals surface area contributed by atoms with Gasteiger partial charge in [-0.1, -0.05) is 11.8 Å². The van der Waals surface area contributed by atoms with Gasteiger partial charge in [0.25, 0.3) is 0 Å². The highest BCUT2D eigenvalue weighted by Crippen LogP contribution is 2.19. The van der Waals surface area contributed by atoms with Crippen LogP contribution in [0.3, 0.4) is 0 Å². The van der Waals surface area contributed by atoms with E-state index in [0.29, 0.717) is 16.5 Å². The van der Waals surface area contributed by atoms with Crippen molar-refractivity contribution in [3.05, 3.63) is 41.8 Å². The lowest BCUT2D eigenvalue weighted by Crippen LogP contribution is -2.14. The third-order valence-electron chi connectivity index (χ3n) is 2.22. The van der Waals surface area contributed by atoms with E-state index in [2.05, 4.69) is 16.8 Å². The van der Waals surface area contributed by atoms with Crippen LogP contribution >= 0.6 is 0 Å². The Morgan fingerprint density at radius 3 is 2.76 bits per heavy atom. The molecule has 0 aliphatic rings. The fourth-order valence-electron chi connectivity index (χ4n) is 1.46. The summed E-state index contributed by atoms with van der Waals surface area (Å²) in [6, 6.07) is 6.27. The van der Waals surface area contributed by atoms with Crippen molar-refractivity contribution >= 4 is 10.9 Å². The third kappa shape index (κ3) is 2.61. The summed E-state index contributed by atoms with van der Waals surface area (Å²) >= 11 is 0. The Bertz CT molecular complexity index is 617. The summed E-state index contributed by atoms with van der Waals surface area (Å²) in [6.07, 6.45) is 1.59. The molecule has 0 unspecified atom stereocenters. The Kier molecular flexibility index (Phi) is 2.83. The van der Waals surface area contributed by atoms with Crippen LogP contribution < -0.4 is 0 Å². The quantitative estimate of drug-likeness (QED) is 0.704. The first kappa shape index (κ1) is 11.6. The average molecular weight is 229 g/mol. The highest BCUT2D eigenvalue weighted by molar-refractivity contribution is 5.84. The van der Waals surface area contributed by atoms with Crippen molar-refractivity contribution in [2.45, 2.75) is 19.4 Å². The van der Waals surface area contributed by atoms with Crippen molar-refractivity contribution < 1.29 is 9.50 Å². The summed E-state index contributed by atoms with van der Waals surface area (Å²) in [6.45, 7) is 3.19. The van der Waals surface area contributed by atoms with E-state index in [4.69, 9.17) is 0 Å². The van der Waals surface area contributed by atoms with Gasteiger partial charge in [0.05, 0.1) is 11.1 Å². The zero-order chi connectivity index (χ0) is 12.5. The molecule has 0 spiro atoms. The van der Waals surface area contributed by atoms with Gasteiger partial charge in [-0.2, -0.15) is 0 Å². The molecule has 1 aromatic heterocycles. The Balaban J connectivity index is 2.63. The number of nitrogens with zero attached hydrogens (tertiary/aromatic N) is 1. The molecular formula is C14H12FNO. The van der Waals surface area contributed by atoms with Gasteiger partial charge in [-0.15, -0.1) is 0 Å². The van der Waals surface area contributed by atoms with Crippen LogP contribution in [0.5, 0.6) is 0 Å². The molecule has 1 N–H and O–H groups in total. The second-order valence-electron chi connectivity index (χ2n) is 4.30. The minimum Gasteiger partial charge on any atom is -0.378 e. The van der Waals surface area contributed by atoms with Crippen LogP contribution in [0.4, 0.5) is 4.39 Å². The van der Waals surface area contributed by atoms with Crippen LogP contribution in [0.2, 0.25) is 0 Å². The normalized spacial score (nSPS) is 11.1. The summed E-state index contributed by atoms with van der Waals surface area (Å²) in [7, 11) is 0. The molecule has 17 heavy (non-hydrogen) atoms. The maximum Gasteiger partial charge on any atom is 0.132 e. The Hall–Kier alpha value is -1.92. The molecule has 0 aliphatic heterocycles. The predicted octanol–water partition coefficient (Wildman–Crippen LogP) is 2.50. The van der Waals surface area contributed by atoms with Gasteiger partial charge in [-0.25, -0.2) is 4.39 Å². The molecule has 2 nitrogen and oxygen atoms in total. The largest absolute Gasteiger partial charge is 0.378 e. The van der Waals surface area contributed by atoms with Gasteiger partial charge < -0.3 is 5.11 Å². The second-order valence-corrected chi connectivity index (χ2v) is 4.30. The highest BCUT2D eigenvalue weighted by Gasteiger charge is 2.08. The minimum atomic E-state index is -1.07. The molecule has 2 aromatic rings. The van der Waals surface area contributed by atoms with E-state index >= 15 is 0 Å². The van der Waals surface area contributed by atoms with Gasteiger partial charge in [0, 0.05) is 11.6 Å². The Labute approximate surface area is 99.1 Å². The molecule has 1 aromatic carbocycles. The maximum atomic E-state index is 13.5. The molecule has 0 saturated carbocycles. The van der Waals surface area contributed by atoms with Crippen molar-refractivity contribution in [3.63, 3.8) is 0 Å². The number of rotatable bonds is 0. The molecule has 86 valence electrons. The minimum absolute atomic E-state index is 0.318. The maximum absolute atomic E-state index is 13.5. The van der Waals surface area contributed by atoms with E-state index in [-0.39, 0.29) is 5.82 Å². The molecule has 0 atom stereocenters. The van der Waals surface area contributed by atoms with Crippen LogP contribution in [-0.4, -0.2) is 15.7 Å². The molecule has 1 heterocycles. The summed E-state index contributed by atoms with van der Waals surface area (Å²) in [5.74, 6) is 5.20. The first-order chi connectivity index (χ1) is 7.97. The van der Waals surface area contributed by atoms with Crippen molar-refractivity contribution in [1.82, 2.24) is 4.98 Å². The molecule has 0 amide bonds. The molecule has 0 aliphatic carbocycles. The molecule has 0 saturated heterocycles. The first-order valence-corrected chi connectivity index (χ1v) is 5.26. The van der Waals surface area contributed by atoms with E-state index < -0.39 is 5.60 Å². The standard InChI is InChI=1S/C14H12FNO/c1-14(2,17)8-7-10-5-6-12(15)11-4-3-9-16-13(10)11/h3-6,9,17H,1-2H3. The van der Waals surface area contributed by atoms with Gasteiger partial charge >= 0.3 is 0 Å². The lowest BCUT2D eigenvalue weighted by molar-refractivity contribution is 0.143. The predicted molar refractivity (Wildman–Crippen MR) is 64.9 cm³/mol. The second kappa shape index (κ2) is 4.15. The van der Waals surface area contributed by atoms with Crippen LogP contribution in [0.15, 0.2) is 30.5 Å².